The zero-order chi connectivity index (χ0) is 12.3. The first-order valence-corrected chi connectivity index (χ1v) is 6.49. The van der Waals surface area contributed by atoms with Crippen molar-refractivity contribution in [1.29, 1.82) is 0 Å². The molecule has 1 aromatic heterocycles. The Hall–Kier alpha value is -0.870. The minimum Gasteiger partial charge on any atom is -0.375 e. The van der Waals surface area contributed by atoms with Crippen LogP contribution in [0.15, 0.2) is 6.20 Å². The van der Waals surface area contributed by atoms with E-state index in [1.807, 2.05) is 6.20 Å². The number of aromatic nitrogens is 2. The summed E-state index contributed by atoms with van der Waals surface area (Å²) in [6.07, 6.45) is 5.18. The van der Waals surface area contributed by atoms with E-state index >= 15 is 0 Å². The molecule has 0 saturated carbocycles. The van der Waals surface area contributed by atoms with E-state index in [1.54, 1.807) is 0 Å². The highest BCUT2D eigenvalue weighted by atomic mass is 16.5. The minimum atomic E-state index is 0.0569. The minimum absolute atomic E-state index is 0.0569. The van der Waals surface area contributed by atoms with Crippen LogP contribution in [-0.4, -0.2) is 28.4 Å². The van der Waals surface area contributed by atoms with E-state index in [-0.39, 0.29) is 5.60 Å². The molecular weight excluding hydrogens is 214 g/mol. The maximum atomic E-state index is 5.85. The van der Waals surface area contributed by atoms with Gasteiger partial charge in [0.15, 0.2) is 0 Å². The van der Waals surface area contributed by atoms with Crippen molar-refractivity contribution in [3.05, 3.63) is 17.5 Å². The van der Waals surface area contributed by atoms with Gasteiger partial charge in [0, 0.05) is 30.5 Å². The van der Waals surface area contributed by atoms with Gasteiger partial charge in [0.1, 0.15) is 0 Å². The van der Waals surface area contributed by atoms with Crippen molar-refractivity contribution in [2.75, 3.05) is 6.61 Å². The Bertz CT molecular complexity index is 363. The molecule has 2 unspecified atom stereocenters. The third-order valence-corrected chi connectivity index (χ3v) is 3.86. The van der Waals surface area contributed by atoms with Gasteiger partial charge in [-0.25, -0.2) is 0 Å². The third kappa shape index (κ3) is 3.07. The fraction of sp³-hybridized carbons (Fsp3) is 0.769. The number of H-pyrrole nitrogens is 1. The number of nitrogens with one attached hydrogen (secondary N) is 2. The van der Waals surface area contributed by atoms with Crippen molar-refractivity contribution >= 4 is 0 Å². The zero-order valence-corrected chi connectivity index (χ0v) is 11.0. The molecule has 17 heavy (non-hydrogen) atoms. The fourth-order valence-corrected chi connectivity index (χ4v) is 2.36. The molecule has 2 N–H and O–H groups in total. The standard InChI is InChI=1S/C13H23N3O/c1-4-13(3)7-12(5-6-17-13)14-8-11-9-15-16-10(11)2/h9,12,14H,4-8H2,1-3H3,(H,15,16). The second-order valence-electron chi connectivity index (χ2n) is 5.24. The van der Waals surface area contributed by atoms with Crippen LogP contribution in [0.5, 0.6) is 0 Å². The zero-order valence-electron chi connectivity index (χ0n) is 11.0. The lowest BCUT2D eigenvalue weighted by Crippen LogP contribution is -2.44. The van der Waals surface area contributed by atoms with Crippen LogP contribution in [-0.2, 0) is 11.3 Å². The molecule has 0 bridgehead atoms. The van der Waals surface area contributed by atoms with Crippen molar-refractivity contribution in [3.8, 4) is 0 Å². The molecule has 1 saturated heterocycles. The first-order valence-electron chi connectivity index (χ1n) is 6.49. The van der Waals surface area contributed by atoms with E-state index < -0.39 is 0 Å². The Morgan fingerprint density at radius 3 is 3.12 bits per heavy atom. The van der Waals surface area contributed by atoms with Gasteiger partial charge in [0.2, 0.25) is 0 Å². The monoisotopic (exact) mass is 237 g/mol. The first kappa shape index (κ1) is 12.6. The molecule has 1 aromatic rings. The SMILES string of the molecule is CCC1(C)CC(NCc2cn[nH]c2C)CCO1. The molecule has 1 aliphatic rings. The van der Waals surface area contributed by atoms with Gasteiger partial charge >= 0.3 is 0 Å². The number of hydrogen-bond donors (Lipinski definition) is 2. The van der Waals surface area contributed by atoms with Crippen molar-refractivity contribution < 1.29 is 4.74 Å². The fourth-order valence-electron chi connectivity index (χ4n) is 2.36. The average Bonchev–Trinajstić information content (AvgIpc) is 2.73. The molecule has 0 radical (unpaired) electrons. The van der Waals surface area contributed by atoms with Crippen LogP contribution in [0.25, 0.3) is 0 Å². The summed E-state index contributed by atoms with van der Waals surface area (Å²) in [5.41, 5.74) is 2.47. The topological polar surface area (TPSA) is 49.9 Å². The van der Waals surface area contributed by atoms with Crippen LogP contribution < -0.4 is 5.32 Å². The number of ether oxygens (including phenoxy) is 1. The van der Waals surface area contributed by atoms with E-state index in [0.29, 0.717) is 6.04 Å². The largest absolute Gasteiger partial charge is 0.375 e. The summed E-state index contributed by atoms with van der Waals surface area (Å²) in [6, 6.07) is 0.558. The van der Waals surface area contributed by atoms with Crippen LogP contribution in [0.1, 0.15) is 44.4 Å². The quantitative estimate of drug-likeness (QED) is 0.843. The molecule has 2 heterocycles. The summed E-state index contributed by atoms with van der Waals surface area (Å²) in [5, 5.41) is 10.6. The Kier molecular flexibility index (Phi) is 3.84. The molecule has 0 spiro atoms. The normalized spacial score (nSPS) is 29.5. The Labute approximate surface area is 103 Å². The van der Waals surface area contributed by atoms with Gasteiger partial charge in [-0.1, -0.05) is 6.92 Å². The molecule has 4 nitrogen and oxygen atoms in total. The van der Waals surface area contributed by atoms with Gasteiger partial charge in [-0.15, -0.1) is 0 Å². The highest BCUT2D eigenvalue weighted by Crippen LogP contribution is 2.27. The van der Waals surface area contributed by atoms with Crippen molar-refractivity contribution in [2.24, 2.45) is 0 Å². The van der Waals surface area contributed by atoms with Gasteiger partial charge in [-0.2, -0.15) is 5.10 Å². The molecule has 0 aromatic carbocycles. The maximum absolute atomic E-state index is 5.85. The van der Waals surface area contributed by atoms with Crippen LogP contribution >= 0.6 is 0 Å². The van der Waals surface area contributed by atoms with Crippen molar-refractivity contribution in [2.45, 2.75) is 58.2 Å². The first-order chi connectivity index (χ1) is 8.13. The number of hydrogen-bond acceptors (Lipinski definition) is 3. The van der Waals surface area contributed by atoms with Gasteiger partial charge in [-0.3, -0.25) is 5.10 Å². The summed E-state index contributed by atoms with van der Waals surface area (Å²) < 4.78 is 5.85. The molecule has 1 fully saturated rings. The van der Waals surface area contributed by atoms with Crippen molar-refractivity contribution in [3.63, 3.8) is 0 Å². The van der Waals surface area contributed by atoms with E-state index in [2.05, 4.69) is 36.3 Å². The predicted molar refractivity (Wildman–Crippen MR) is 67.8 cm³/mol. The Morgan fingerprint density at radius 2 is 2.47 bits per heavy atom. The number of aryl methyl sites for hydroxylation is 1. The maximum Gasteiger partial charge on any atom is 0.0666 e. The molecule has 2 atom stereocenters. The molecule has 2 rings (SSSR count). The van der Waals surface area contributed by atoms with Crippen LogP contribution in [0.4, 0.5) is 0 Å². The summed E-state index contributed by atoms with van der Waals surface area (Å²) in [6.45, 7) is 8.23. The van der Waals surface area contributed by atoms with Crippen molar-refractivity contribution in [1.82, 2.24) is 15.5 Å². The molecule has 0 aliphatic carbocycles. The second kappa shape index (κ2) is 5.19. The molecule has 96 valence electrons. The van der Waals surface area contributed by atoms with Crippen LogP contribution in [0.3, 0.4) is 0 Å². The molecular formula is C13H23N3O. The van der Waals surface area contributed by atoms with Gasteiger partial charge in [0.25, 0.3) is 0 Å². The van der Waals surface area contributed by atoms with E-state index in [0.717, 1.165) is 38.1 Å². The lowest BCUT2D eigenvalue weighted by Gasteiger charge is -2.38. The smallest absolute Gasteiger partial charge is 0.0666 e. The van der Waals surface area contributed by atoms with E-state index in [1.165, 1.54) is 5.56 Å². The van der Waals surface area contributed by atoms with E-state index in [9.17, 15) is 0 Å². The number of nitrogens with zero attached hydrogens (tertiary/aromatic N) is 1. The lowest BCUT2D eigenvalue weighted by atomic mass is 9.90. The number of rotatable bonds is 4. The lowest BCUT2D eigenvalue weighted by molar-refractivity contribution is -0.0781. The molecule has 4 heteroatoms. The summed E-state index contributed by atoms with van der Waals surface area (Å²) in [7, 11) is 0. The highest BCUT2D eigenvalue weighted by Gasteiger charge is 2.31. The molecule has 0 amide bonds. The summed E-state index contributed by atoms with van der Waals surface area (Å²) >= 11 is 0. The van der Waals surface area contributed by atoms with Gasteiger partial charge < -0.3 is 10.1 Å². The predicted octanol–water partition coefficient (Wildman–Crippen LogP) is 2.16. The average molecular weight is 237 g/mol. The molecule has 1 aliphatic heterocycles. The van der Waals surface area contributed by atoms with Gasteiger partial charge in [-0.05, 0) is 33.1 Å². The number of aromatic amines is 1. The van der Waals surface area contributed by atoms with E-state index in [4.69, 9.17) is 4.74 Å². The van der Waals surface area contributed by atoms with Gasteiger partial charge in [0.05, 0.1) is 11.8 Å². The third-order valence-electron chi connectivity index (χ3n) is 3.86. The second-order valence-corrected chi connectivity index (χ2v) is 5.24. The van der Waals surface area contributed by atoms with Crippen LogP contribution in [0.2, 0.25) is 0 Å². The van der Waals surface area contributed by atoms with Crippen LogP contribution in [0, 0.1) is 6.92 Å². The Morgan fingerprint density at radius 1 is 1.65 bits per heavy atom. The Balaban J connectivity index is 1.85. The summed E-state index contributed by atoms with van der Waals surface area (Å²) in [5.74, 6) is 0. The highest BCUT2D eigenvalue weighted by molar-refractivity contribution is 5.14. The summed E-state index contributed by atoms with van der Waals surface area (Å²) in [4.78, 5) is 0.